The van der Waals surface area contributed by atoms with Crippen molar-refractivity contribution in [2.45, 2.75) is 117 Å². The van der Waals surface area contributed by atoms with Gasteiger partial charge in [0.15, 0.2) is 0 Å². The van der Waals surface area contributed by atoms with Crippen molar-refractivity contribution in [1.82, 2.24) is 0 Å². The molecular weight excluding hydrogens is 340 g/mol. The standard InChI is InChI=1S/C27H46O/c1-19(2)9-8-10-20(3)22-15-18-27(28)24-13-12-21-11-6-7-16-25(21,4)23(24)14-17-26(22,27)5/h13,19-23,28H,6-12,14-18H2,1-5H3/t20-,21?,22-,23+,25+,26-,27-/m1/s1. The molecule has 1 nitrogen and oxygen atoms in total. The third-order valence-electron chi connectivity index (χ3n) is 10.4. The highest BCUT2D eigenvalue weighted by atomic mass is 16.3. The van der Waals surface area contributed by atoms with Crippen molar-refractivity contribution in [3.63, 3.8) is 0 Å². The smallest absolute Gasteiger partial charge is 0.0915 e. The first-order valence-electron chi connectivity index (χ1n) is 12.7. The molecule has 0 aromatic rings. The van der Waals surface area contributed by atoms with E-state index in [2.05, 4.69) is 40.7 Å². The Labute approximate surface area is 174 Å². The molecule has 4 aliphatic carbocycles. The van der Waals surface area contributed by atoms with Crippen LogP contribution >= 0.6 is 0 Å². The number of rotatable bonds is 5. The van der Waals surface area contributed by atoms with Crippen LogP contribution in [0.4, 0.5) is 0 Å². The fourth-order valence-corrected chi connectivity index (χ4v) is 8.53. The molecule has 28 heavy (non-hydrogen) atoms. The minimum atomic E-state index is -0.516. The molecule has 1 N–H and O–H groups in total. The summed E-state index contributed by atoms with van der Waals surface area (Å²) in [7, 11) is 0. The maximum absolute atomic E-state index is 12.2. The van der Waals surface area contributed by atoms with Gasteiger partial charge in [-0.2, -0.15) is 0 Å². The normalized spacial score (nSPS) is 46.5. The Morgan fingerprint density at radius 3 is 2.54 bits per heavy atom. The van der Waals surface area contributed by atoms with E-state index >= 15 is 0 Å². The Balaban J connectivity index is 1.56. The molecule has 0 aromatic carbocycles. The van der Waals surface area contributed by atoms with E-state index < -0.39 is 5.60 Å². The van der Waals surface area contributed by atoms with E-state index in [9.17, 15) is 5.11 Å². The summed E-state index contributed by atoms with van der Waals surface area (Å²) in [5.74, 6) is 3.78. The minimum Gasteiger partial charge on any atom is -0.385 e. The summed E-state index contributed by atoms with van der Waals surface area (Å²) in [5.41, 5.74) is 1.54. The van der Waals surface area contributed by atoms with Gasteiger partial charge in [0.05, 0.1) is 5.60 Å². The van der Waals surface area contributed by atoms with Crippen molar-refractivity contribution in [2.24, 2.45) is 40.4 Å². The lowest BCUT2D eigenvalue weighted by atomic mass is 9.46. The van der Waals surface area contributed by atoms with E-state index in [4.69, 9.17) is 0 Å². The predicted molar refractivity (Wildman–Crippen MR) is 119 cm³/mol. The Kier molecular flexibility index (Phi) is 5.56. The molecular formula is C27H46O. The van der Waals surface area contributed by atoms with Gasteiger partial charge in [0.25, 0.3) is 0 Å². The van der Waals surface area contributed by atoms with Crippen LogP contribution in [-0.4, -0.2) is 10.7 Å². The van der Waals surface area contributed by atoms with Crippen LogP contribution < -0.4 is 0 Å². The van der Waals surface area contributed by atoms with Crippen molar-refractivity contribution < 1.29 is 5.11 Å². The zero-order valence-electron chi connectivity index (χ0n) is 19.4. The molecule has 4 aliphatic rings. The van der Waals surface area contributed by atoms with Gasteiger partial charge in [-0.15, -0.1) is 0 Å². The molecule has 0 radical (unpaired) electrons. The van der Waals surface area contributed by atoms with Crippen LogP contribution in [0.15, 0.2) is 11.6 Å². The second-order valence-corrected chi connectivity index (χ2v) is 12.2. The van der Waals surface area contributed by atoms with Gasteiger partial charge in [-0.05, 0) is 85.5 Å². The molecule has 160 valence electrons. The molecule has 1 heteroatoms. The van der Waals surface area contributed by atoms with E-state index in [1.165, 1.54) is 76.2 Å². The molecule has 4 rings (SSSR count). The fraction of sp³-hybridized carbons (Fsp3) is 0.926. The van der Waals surface area contributed by atoms with Crippen LogP contribution in [0.5, 0.6) is 0 Å². The average Bonchev–Trinajstić information content (AvgIpc) is 2.92. The molecule has 3 fully saturated rings. The lowest BCUT2D eigenvalue weighted by Crippen LogP contribution is -2.57. The van der Waals surface area contributed by atoms with Gasteiger partial charge in [-0.1, -0.05) is 72.8 Å². The Morgan fingerprint density at radius 1 is 1.00 bits per heavy atom. The first-order valence-corrected chi connectivity index (χ1v) is 12.7. The molecule has 0 bridgehead atoms. The van der Waals surface area contributed by atoms with Crippen molar-refractivity contribution in [3.8, 4) is 0 Å². The number of fused-ring (bicyclic) bond motifs is 5. The molecule has 7 atom stereocenters. The second kappa shape index (κ2) is 7.44. The molecule has 0 aliphatic heterocycles. The SMILES string of the molecule is CC(C)CCC[C@@H](C)[C@H]1CC[C@@]2(O)C3=CCC4CCCC[C@]4(C)[C@H]3CC[C@]12C. The zero-order chi connectivity index (χ0) is 20.2. The highest BCUT2D eigenvalue weighted by molar-refractivity contribution is 5.35. The summed E-state index contributed by atoms with van der Waals surface area (Å²) in [6.45, 7) is 12.2. The van der Waals surface area contributed by atoms with Crippen LogP contribution in [0.1, 0.15) is 112 Å². The first-order chi connectivity index (χ1) is 13.2. The largest absolute Gasteiger partial charge is 0.385 e. The summed E-state index contributed by atoms with van der Waals surface area (Å²) >= 11 is 0. The number of hydrogen-bond donors (Lipinski definition) is 1. The lowest BCUT2D eigenvalue weighted by molar-refractivity contribution is -0.107. The van der Waals surface area contributed by atoms with Crippen molar-refractivity contribution in [1.29, 1.82) is 0 Å². The Hall–Kier alpha value is -0.300. The van der Waals surface area contributed by atoms with Gasteiger partial charge < -0.3 is 5.11 Å². The summed E-state index contributed by atoms with van der Waals surface area (Å²) < 4.78 is 0. The number of allylic oxidation sites excluding steroid dienone is 1. The monoisotopic (exact) mass is 386 g/mol. The minimum absolute atomic E-state index is 0.102. The summed E-state index contributed by atoms with van der Waals surface area (Å²) in [6.07, 6.45) is 18.3. The van der Waals surface area contributed by atoms with E-state index in [-0.39, 0.29) is 5.41 Å². The first kappa shape index (κ1) is 21.0. The average molecular weight is 387 g/mol. The van der Waals surface area contributed by atoms with Gasteiger partial charge in [0.2, 0.25) is 0 Å². The highest BCUT2D eigenvalue weighted by Gasteiger charge is 2.64. The molecule has 0 saturated heterocycles. The van der Waals surface area contributed by atoms with Crippen molar-refractivity contribution in [2.75, 3.05) is 0 Å². The summed E-state index contributed by atoms with van der Waals surface area (Å²) in [6, 6.07) is 0. The van der Waals surface area contributed by atoms with Crippen LogP contribution in [-0.2, 0) is 0 Å². The van der Waals surface area contributed by atoms with E-state index in [0.29, 0.717) is 17.3 Å². The van der Waals surface area contributed by atoms with Gasteiger partial charge >= 0.3 is 0 Å². The molecule has 3 saturated carbocycles. The molecule has 0 amide bonds. The van der Waals surface area contributed by atoms with Crippen molar-refractivity contribution in [3.05, 3.63) is 11.6 Å². The van der Waals surface area contributed by atoms with Crippen molar-refractivity contribution >= 4 is 0 Å². The third kappa shape index (κ3) is 3.05. The highest BCUT2D eigenvalue weighted by Crippen LogP contribution is 2.68. The molecule has 1 unspecified atom stereocenters. The van der Waals surface area contributed by atoms with Gasteiger partial charge in [0.1, 0.15) is 0 Å². The van der Waals surface area contributed by atoms with Crippen LogP contribution in [0, 0.1) is 40.4 Å². The van der Waals surface area contributed by atoms with E-state index in [1.807, 2.05) is 0 Å². The topological polar surface area (TPSA) is 20.2 Å². The van der Waals surface area contributed by atoms with Crippen LogP contribution in [0.2, 0.25) is 0 Å². The van der Waals surface area contributed by atoms with Gasteiger partial charge in [0, 0.05) is 5.41 Å². The fourth-order valence-electron chi connectivity index (χ4n) is 8.53. The summed E-state index contributed by atoms with van der Waals surface area (Å²) in [4.78, 5) is 0. The molecule has 0 spiro atoms. The van der Waals surface area contributed by atoms with Crippen LogP contribution in [0.25, 0.3) is 0 Å². The maximum atomic E-state index is 12.2. The molecule has 0 aromatic heterocycles. The quantitative estimate of drug-likeness (QED) is 0.484. The third-order valence-corrected chi connectivity index (χ3v) is 10.4. The van der Waals surface area contributed by atoms with Crippen LogP contribution in [0.3, 0.4) is 0 Å². The molecule has 0 heterocycles. The van der Waals surface area contributed by atoms with E-state index in [1.54, 1.807) is 0 Å². The Bertz CT molecular complexity index is 605. The Morgan fingerprint density at radius 2 is 1.79 bits per heavy atom. The summed E-state index contributed by atoms with van der Waals surface area (Å²) in [5, 5.41) is 12.2. The van der Waals surface area contributed by atoms with Gasteiger partial charge in [-0.25, -0.2) is 0 Å². The van der Waals surface area contributed by atoms with E-state index in [0.717, 1.165) is 24.2 Å². The number of aliphatic hydroxyl groups is 1. The lowest BCUT2D eigenvalue weighted by Gasteiger charge is -2.60. The van der Waals surface area contributed by atoms with Gasteiger partial charge in [-0.3, -0.25) is 0 Å². The number of hydrogen-bond acceptors (Lipinski definition) is 1. The maximum Gasteiger partial charge on any atom is 0.0915 e. The second-order valence-electron chi connectivity index (χ2n) is 12.2. The zero-order valence-corrected chi connectivity index (χ0v) is 19.4. The predicted octanol–water partition coefficient (Wildman–Crippen LogP) is 7.53.